The summed E-state index contributed by atoms with van der Waals surface area (Å²) in [6.45, 7) is 5.73. The van der Waals surface area contributed by atoms with E-state index in [1.807, 2.05) is 39.0 Å². The third kappa shape index (κ3) is 3.13. The van der Waals surface area contributed by atoms with Crippen molar-refractivity contribution in [2.45, 2.75) is 38.8 Å². The highest BCUT2D eigenvalue weighted by Crippen LogP contribution is 2.13. The van der Waals surface area contributed by atoms with Crippen LogP contribution >= 0.6 is 0 Å². The number of hydrogen-bond acceptors (Lipinski definition) is 2. The van der Waals surface area contributed by atoms with Gasteiger partial charge in [-0.2, -0.15) is 0 Å². The minimum atomic E-state index is -0.538. The zero-order valence-electron chi connectivity index (χ0n) is 9.12. The fourth-order valence-corrected chi connectivity index (χ4v) is 1.33. The summed E-state index contributed by atoms with van der Waals surface area (Å²) in [5, 5.41) is 9.81. The lowest BCUT2D eigenvalue weighted by atomic mass is 9.92. The van der Waals surface area contributed by atoms with Crippen LogP contribution in [0.15, 0.2) is 24.3 Å². The molecule has 14 heavy (non-hydrogen) atoms. The van der Waals surface area contributed by atoms with Crippen molar-refractivity contribution in [1.29, 1.82) is 0 Å². The molecule has 0 spiro atoms. The second-order valence-corrected chi connectivity index (χ2v) is 4.53. The Labute approximate surface area is 85.8 Å². The smallest absolute Gasteiger partial charge is 0.0754 e. The first-order valence-corrected chi connectivity index (χ1v) is 4.92. The van der Waals surface area contributed by atoms with E-state index in [4.69, 9.17) is 5.73 Å². The van der Waals surface area contributed by atoms with Gasteiger partial charge >= 0.3 is 0 Å². The monoisotopic (exact) mass is 193 g/mol. The molecule has 0 aliphatic heterocycles. The second kappa shape index (κ2) is 4.11. The van der Waals surface area contributed by atoms with Gasteiger partial charge < -0.3 is 10.8 Å². The Kier molecular flexibility index (Phi) is 3.29. The Morgan fingerprint density at radius 2 is 2.07 bits per heavy atom. The van der Waals surface area contributed by atoms with Gasteiger partial charge in [-0.25, -0.2) is 0 Å². The van der Waals surface area contributed by atoms with Crippen molar-refractivity contribution >= 4 is 0 Å². The average molecular weight is 193 g/mol. The number of hydrogen-bond donors (Lipinski definition) is 2. The highest BCUT2D eigenvalue weighted by molar-refractivity contribution is 5.23. The lowest BCUT2D eigenvalue weighted by Crippen LogP contribution is -2.46. The van der Waals surface area contributed by atoms with Crippen LogP contribution in [0.3, 0.4) is 0 Å². The summed E-state index contributed by atoms with van der Waals surface area (Å²) in [6, 6.07) is 8.14. The summed E-state index contributed by atoms with van der Waals surface area (Å²) >= 11 is 0. The molecular formula is C12H19NO. The predicted molar refractivity (Wildman–Crippen MR) is 59.2 cm³/mol. The Morgan fingerprint density at radius 1 is 1.43 bits per heavy atom. The summed E-state index contributed by atoms with van der Waals surface area (Å²) < 4.78 is 0. The molecule has 0 radical (unpaired) electrons. The fraction of sp³-hybridized carbons (Fsp3) is 0.500. The molecule has 0 heterocycles. The third-order valence-corrected chi connectivity index (χ3v) is 2.37. The van der Waals surface area contributed by atoms with E-state index in [0.29, 0.717) is 6.42 Å². The first kappa shape index (κ1) is 11.2. The molecule has 0 amide bonds. The number of rotatable bonds is 3. The standard InChI is InChI=1S/C12H19NO/c1-9-5-4-6-10(7-9)8-11(14)12(2,3)13/h4-7,11,14H,8,13H2,1-3H3. The van der Waals surface area contributed by atoms with Gasteiger partial charge in [-0.05, 0) is 26.3 Å². The third-order valence-electron chi connectivity index (χ3n) is 2.37. The van der Waals surface area contributed by atoms with Crippen molar-refractivity contribution < 1.29 is 5.11 Å². The molecule has 1 aromatic rings. The van der Waals surface area contributed by atoms with Crippen LogP contribution < -0.4 is 5.73 Å². The van der Waals surface area contributed by atoms with Gasteiger partial charge in [0.25, 0.3) is 0 Å². The number of aliphatic hydroxyl groups excluding tert-OH is 1. The van der Waals surface area contributed by atoms with Gasteiger partial charge in [-0.3, -0.25) is 0 Å². The molecule has 0 aliphatic rings. The Bertz CT molecular complexity index is 301. The largest absolute Gasteiger partial charge is 0.391 e. The van der Waals surface area contributed by atoms with Gasteiger partial charge in [0, 0.05) is 12.0 Å². The zero-order valence-corrected chi connectivity index (χ0v) is 9.12. The van der Waals surface area contributed by atoms with Crippen molar-refractivity contribution in [3.8, 4) is 0 Å². The molecule has 0 saturated heterocycles. The van der Waals surface area contributed by atoms with Crippen molar-refractivity contribution in [2.75, 3.05) is 0 Å². The summed E-state index contributed by atoms with van der Waals surface area (Å²) in [4.78, 5) is 0. The minimum Gasteiger partial charge on any atom is -0.391 e. The SMILES string of the molecule is Cc1cccc(CC(O)C(C)(C)N)c1. The van der Waals surface area contributed by atoms with E-state index in [1.54, 1.807) is 0 Å². The van der Waals surface area contributed by atoms with E-state index >= 15 is 0 Å². The number of aryl methyl sites for hydroxylation is 1. The van der Waals surface area contributed by atoms with Crippen LogP contribution in [0.25, 0.3) is 0 Å². The molecule has 0 saturated carbocycles. The van der Waals surface area contributed by atoms with Crippen LogP contribution in [0.1, 0.15) is 25.0 Å². The number of aliphatic hydroxyl groups is 1. The normalized spacial score (nSPS) is 14.1. The van der Waals surface area contributed by atoms with Crippen LogP contribution in [0.5, 0.6) is 0 Å². The Balaban J connectivity index is 2.70. The molecule has 2 heteroatoms. The van der Waals surface area contributed by atoms with Gasteiger partial charge in [0.15, 0.2) is 0 Å². The summed E-state index contributed by atoms with van der Waals surface area (Å²) in [7, 11) is 0. The Hall–Kier alpha value is -0.860. The molecule has 2 nitrogen and oxygen atoms in total. The molecule has 1 unspecified atom stereocenters. The van der Waals surface area contributed by atoms with Crippen LogP contribution in [-0.2, 0) is 6.42 Å². The fourth-order valence-electron chi connectivity index (χ4n) is 1.33. The Morgan fingerprint density at radius 3 is 2.57 bits per heavy atom. The van der Waals surface area contributed by atoms with Crippen molar-refractivity contribution in [3.05, 3.63) is 35.4 Å². The van der Waals surface area contributed by atoms with Crippen LogP contribution in [0, 0.1) is 6.92 Å². The lowest BCUT2D eigenvalue weighted by Gasteiger charge is -2.25. The number of nitrogens with two attached hydrogens (primary N) is 1. The summed E-state index contributed by atoms with van der Waals surface area (Å²) in [5.74, 6) is 0. The van der Waals surface area contributed by atoms with Crippen LogP contribution in [0.4, 0.5) is 0 Å². The van der Waals surface area contributed by atoms with Gasteiger partial charge in [0.2, 0.25) is 0 Å². The maximum Gasteiger partial charge on any atom is 0.0754 e. The van der Waals surface area contributed by atoms with E-state index in [9.17, 15) is 5.11 Å². The van der Waals surface area contributed by atoms with Crippen molar-refractivity contribution in [3.63, 3.8) is 0 Å². The van der Waals surface area contributed by atoms with E-state index in [-0.39, 0.29) is 0 Å². The molecule has 3 N–H and O–H groups in total. The topological polar surface area (TPSA) is 46.2 Å². The maximum absolute atomic E-state index is 9.81. The lowest BCUT2D eigenvalue weighted by molar-refractivity contribution is 0.104. The second-order valence-electron chi connectivity index (χ2n) is 4.53. The van der Waals surface area contributed by atoms with Crippen molar-refractivity contribution in [1.82, 2.24) is 0 Å². The van der Waals surface area contributed by atoms with Crippen molar-refractivity contribution in [2.24, 2.45) is 5.73 Å². The quantitative estimate of drug-likeness (QED) is 0.766. The molecule has 1 rings (SSSR count). The molecular weight excluding hydrogens is 174 g/mol. The zero-order chi connectivity index (χ0) is 10.8. The molecule has 0 aromatic heterocycles. The minimum absolute atomic E-state index is 0.496. The average Bonchev–Trinajstić information content (AvgIpc) is 2.02. The maximum atomic E-state index is 9.81. The number of benzene rings is 1. The highest BCUT2D eigenvalue weighted by Gasteiger charge is 2.22. The van der Waals surface area contributed by atoms with E-state index in [2.05, 4.69) is 6.07 Å². The first-order chi connectivity index (χ1) is 6.39. The molecule has 78 valence electrons. The van der Waals surface area contributed by atoms with Crippen LogP contribution in [0.2, 0.25) is 0 Å². The molecule has 0 bridgehead atoms. The van der Waals surface area contributed by atoms with E-state index < -0.39 is 11.6 Å². The molecule has 0 fully saturated rings. The molecule has 0 aliphatic carbocycles. The molecule has 1 aromatic carbocycles. The van der Waals surface area contributed by atoms with E-state index in [1.165, 1.54) is 5.56 Å². The van der Waals surface area contributed by atoms with Gasteiger partial charge in [-0.1, -0.05) is 29.8 Å². The van der Waals surface area contributed by atoms with Crippen LogP contribution in [-0.4, -0.2) is 16.7 Å². The predicted octanol–water partition coefficient (Wildman–Crippen LogP) is 1.64. The van der Waals surface area contributed by atoms with E-state index in [0.717, 1.165) is 5.56 Å². The van der Waals surface area contributed by atoms with Gasteiger partial charge in [-0.15, -0.1) is 0 Å². The first-order valence-electron chi connectivity index (χ1n) is 4.92. The molecule has 1 atom stereocenters. The van der Waals surface area contributed by atoms with Gasteiger partial charge in [0.1, 0.15) is 0 Å². The highest BCUT2D eigenvalue weighted by atomic mass is 16.3. The van der Waals surface area contributed by atoms with Gasteiger partial charge in [0.05, 0.1) is 6.10 Å². The summed E-state index contributed by atoms with van der Waals surface area (Å²) in [5.41, 5.74) is 7.62. The summed E-state index contributed by atoms with van der Waals surface area (Å²) in [6.07, 6.45) is 0.120.